The Bertz CT molecular complexity index is 960. The first-order valence-electron chi connectivity index (χ1n) is 9.44. The molecule has 0 aliphatic carbocycles. The highest BCUT2D eigenvalue weighted by Gasteiger charge is 2.31. The van der Waals surface area contributed by atoms with Crippen molar-refractivity contribution in [1.29, 1.82) is 0 Å². The molecule has 1 aliphatic heterocycles. The zero-order chi connectivity index (χ0) is 19.5. The molecule has 2 aromatic carbocycles. The van der Waals surface area contributed by atoms with Crippen LogP contribution >= 0.6 is 0 Å². The lowest BCUT2D eigenvalue weighted by atomic mass is 10.1. The molecule has 3 aromatic rings. The van der Waals surface area contributed by atoms with Crippen molar-refractivity contribution in [2.24, 2.45) is 5.92 Å². The summed E-state index contributed by atoms with van der Waals surface area (Å²) >= 11 is 0. The van der Waals surface area contributed by atoms with E-state index in [2.05, 4.69) is 5.32 Å². The fourth-order valence-electron chi connectivity index (χ4n) is 3.47. The molecule has 6 heteroatoms. The van der Waals surface area contributed by atoms with Crippen molar-refractivity contribution in [2.45, 2.75) is 13.3 Å². The first kappa shape index (κ1) is 18.1. The van der Waals surface area contributed by atoms with E-state index in [0.717, 1.165) is 16.8 Å². The van der Waals surface area contributed by atoms with Gasteiger partial charge >= 0.3 is 0 Å². The molecular weight excluding hydrogens is 356 g/mol. The standard InChI is InChI=1S/C22H22N2O4/c1-2-27-18-9-7-17(8-10-18)24-14-15(11-21(24)25)13-23-22(26)20-12-16-5-3-4-6-19(16)28-20/h3-10,12,15H,2,11,13-14H2,1H3,(H,23,26). The third-order valence-electron chi connectivity index (χ3n) is 4.87. The number of furan rings is 1. The lowest BCUT2D eigenvalue weighted by Crippen LogP contribution is -2.31. The summed E-state index contributed by atoms with van der Waals surface area (Å²) in [5.41, 5.74) is 1.53. The lowest BCUT2D eigenvalue weighted by molar-refractivity contribution is -0.117. The topological polar surface area (TPSA) is 71.8 Å². The van der Waals surface area contributed by atoms with Gasteiger partial charge in [0, 0.05) is 36.5 Å². The van der Waals surface area contributed by atoms with Crippen molar-refractivity contribution in [2.75, 3.05) is 24.6 Å². The zero-order valence-corrected chi connectivity index (χ0v) is 15.7. The molecule has 1 fully saturated rings. The summed E-state index contributed by atoms with van der Waals surface area (Å²) in [6, 6.07) is 16.7. The molecule has 6 nitrogen and oxygen atoms in total. The number of carbonyl (C=O) groups is 2. The average molecular weight is 378 g/mol. The van der Waals surface area contributed by atoms with Crippen LogP contribution in [0, 0.1) is 5.92 Å². The van der Waals surface area contributed by atoms with Gasteiger partial charge < -0.3 is 19.4 Å². The van der Waals surface area contributed by atoms with Crippen LogP contribution < -0.4 is 15.0 Å². The van der Waals surface area contributed by atoms with Gasteiger partial charge in [0.25, 0.3) is 5.91 Å². The van der Waals surface area contributed by atoms with Crippen LogP contribution in [-0.2, 0) is 4.79 Å². The number of hydrogen-bond acceptors (Lipinski definition) is 4. The van der Waals surface area contributed by atoms with Crippen LogP contribution in [0.2, 0.25) is 0 Å². The highest BCUT2D eigenvalue weighted by Crippen LogP contribution is 2.27. The van der Waals surface area contributed by atoms with Crippen molar-refractivity contribution in [1.82, 2.24) is 5.32 Å². The van der Waals surface area contributed by atoms with E-state index in [1.54, 1.807) is 11.0 Å². The molecule has 0 radical (unpaired) electrons. The summed E-state index contributed by atoms with van der Waals surface area (Å²) in [5.74, 6) is 0.934. The minimum Gasteiger partial charge on any atom is -0.494 e. The van der Waals surface area contributed by atoms with Crippen molar-refractivity contribution in [3.8, 4) is 5.75 Å². The molecule has 0 spiro atoms. The van der Waals surface area contributed by atoms with Crippen LogP contribution in [0.1, 0.15) is 23.9 Å². The van der Waals surface area contributed by atoms with E-state index in [9.17, 15) is 9.59 Å². The van der Waals surface area contributed by atoms with Crippen LogP contribution in [0.3, 0.4) is 0 Å². The van der Waals surface area contributed by atoms with Gasteiger partial charge in [0.05, 0.1) is 6.61 Å². The van der Waals surface area contributed by atoms with E-state index in [1.165, 1.54) is 0 Å². The molecule has 2 amide bonds. The number of rotatable bonds is 6. The van der Waals surface area contributed by atoms with Crippen molar-refractivity contribution in [3.63, 3.8) is 0 Å². The van der Waals surface area contributed by atoms with Gasteiger partial charge in [0.2, 0.25) is 5.91 Å². The summed E-state index contributed by atoms with van der Waals surface area (Å²) in [6.45, 7) is 3.54. The van der Waals surface area contributed by atoms with E-state index in [1.807, 2.05) is 55.5 Å². The van der Waals surface area contributed by atoms with Crippen LogP contribution in [0.4, 0.5) is 5.69 Å². The predicted molar refractivity (Wildman–Crippen MR) is 107 cm³/mol. The summed E-state index contributed by atoms with van der Waals surface area (Å²) in [7, 11) is 0. The molecule has 1 unspecified atom stereocenters. The van der Waals surface area contributed by atoms with Crippen molar-refractivity contribution < 1.29 is 18.7 Å². The van der Waals surface area contributed by atoms with Gasteiger partial charge in [0.1, 0.15) is 11.3 Å². The van der Waals surface area contributed by atoms with E-state index in [4.69, 9.17) is 9.15 Å². The molecule has 0 saturated carbocycles. The summed E-state index contributed by atoms with van der Waals surface area (Å²) in [6.07, 6.45) is 0.410. The SMILES string of the molecule is CCOc1ccc(N2CC(CNC(=O)c3cc4ccccc4o3)CC2=O)cc1. The molecule has 144 valence electrons. The summed E-state index contributed by atoms with van der Waals surface area (Å²) < 4.78 is 11.0. The number of ether oxygens (including phenoxy) is 1. The fourth-order valence-corrected chi connectivity index (χ4v) is 3.47. The molecule has 1 N–H and O–H groups in total. The third-order valence-corrected chi connectivity index (χ3v) is 4.87. The number of nitrogens with one attached hydrogen (secondary N) is 1. The van der Waals surface area contributed by atoms with Crippen LogP contribution in [0.5, 0.6) is 5.75 Å². The number of fused-ring (bicyclic) bond motifs is 1. The Morgan fingerprint density at radius 2 is 2.00 bits per heavy atom. The Morgan fingerprint density at radius 3 is 2.75 bits per heavy atom. The number of nitrogens with zero attached hydrogens (tertiary/aromatic N) is 1. The van der Waals surface area contributed by atoms with Gasteiger partial charge in [0.15, 0.2) is 5.76 Å². The number of benzene rings is 2. The minimum absolute atomic E-state index is 0.0622. The highest BCUT2D eigenvalue weighted by molar-refractivity contribution is 5.97. The second-order valence-corrected chi connectivity index (χ2v) is 6.86. The highest BCUT2D eigenvalue weighted by atomic mass is 16.5. The maximum atomic E-state index is 12.4. The first-order valence-corrected chi connectivity index (χ1v) is 9.44. The number of anilines is 1. The van der Waals surface area contributed by atoms with Gasteiger partial charge in [-0.05, 0) is 43.3 Å². The van der Waals surface area contributed by atoms with Crippen LogP contribution in [0.15, 0.2) is 59.0 Å². The minimum atomic E-state index is -0.261. The Kier molecular flexibility index (Phi) is 5.02. The monoisotopic (exact) mass is 378 g/mol. The normalized spacial score (nSPS) is 16.5. The molecule has 28 heavy (non-hydrogen) atoms. The lowest BCUT2D eigenvalue weighted by Gasteiger charge is -2.17. The Labute approximate surface area is 163 Å². The third kappa shape index (κ3) is 3.71. The number of amides is 2. The Hall–Kier alpha value is -3.28. The predicted octanol–water partition coefficient (Wildman–Crippen LogP) is 3.61. The van der Waals surface area contributed by atoms with E-state index >= 15 is 0 Å². The molecular formula is C22H22N2O4. The van der Waals surface area contributed by atoms with Gasteiger partial charge in [-0.3, -0.25) is 9.59 Å². The quantitative estimate of drug-likeness (QED) is 0.711. The molecule has 1 atom stereocenters. The number of para-hydroxylation sites is 1. The van der Waals surface area contributed by atoms with Gasteiger partial charge in [-0.1, -0.05) is 18.2 Å². The number of carbonyl (C=O) groups excluding carboxylic acids is 2. The van der Waals surface area contributed by atoms with Crippen molar-refractivity contribution >= 4 is 28.5 Å². The second-order valence-electron chi connectivity index (χ2n) is 6.86. The van der Waals surface area contributed by atoms with E-state index < -0.39 is 0 Å². The zero-order valence-electron chi connectivity index (χ0n) is 15.7. The first-order chi connectivity index (χ1) is 13.6. The van der Waals surface area contributed by atoms with Gasteiger partial charge in [-0.25, -0.2) is 0 Å². The fraction of sp³-hybridized carbons (Fsp3) is 0.273. The molecule has 2 heterocycles. The maximum absolute atomic E-state index is 12.4. The molecule has 0 bridgehead atoms. The molecule has 4 rings (SSSR count). The molecule has 1 saturated heterocycles. The van der Waals surface area contributed by atoms with Crippen LogP contribution in [0.25, 0.3) is 11.0 Å². The smallest absolute Gasteiger partial charge is 0.287 e. The molecule has 1 aromatic heterocycles. The maximum Gasteiger partial charge on any atom is 0.287 e. The van der Waals surface area contributed by atoms with Gasteiger partial charge in [-0.15, -0.1) is 0 Å². The number of hydrogen-bond donors (Lipinski definition) is 1. The van der Waals surface area contributed by atoms with Crippen LogP contribution in [-0.4, -0.2) is 31.5 Å². The summed E-state index contributed by atoms with van der Waals surface area (Å²) in [5, 5.41) is 3.78. The largest absolute Gasteiger partial charge is 0.494 e. The Morgan fingerprint density at radius 1 is 1.21 bits per heavy atom. The van der Waals surface area contributed by atoms with Gasteiger partial charge in [-0.2, -0.15) is 0 Å². The molecule has 1 aliphatic rings. The van der Waals surface area contributed by atoms with E-state index in [-0.39, 0.29) is 23.5 Å². The van der Waals surface area contributed by atoms with Crippen molar-refractivity contribution in [3.05, 3.63) is 60.4 Å². The van der Waals surface area contributed by atoms with E-state index in [0.29, 0.717) is 31.7 Å². The Balaban J connectivity index is 1.35. The average Bonchev–Trinajstić information content (AvgIpc) is 3.30. The summed E-state index contributed by atoms with van der Waals surface area (Å²) in [4.78, 5) is 26.5. The second kappa shape index (κ2) is 7.76.